The molecule has 1 aliphatic rings. The van der Waals surface area contributed by atoms with E-state index in [2.05, 4.69) is 0 Å². The molecule has 0 aliphatic carbocycles. The van der Waals surface area contributed by atoms with E-state index in [1.54, 1.807) is 41.5 Å². The summed E-state index contributed by atoms with van der Waals surface area (Å²) in [6, 6.07) is 8.86. The normalized spacial score (nSPS) is 14.6. The van der Waals surface area contributed by atoms with Crippen molar-refractivity contribution in [1.29, 1.82) is 0 Å². The topological polar surface area (TPSA) is 90.6 Å². The number of carbonyl (C=O) groups excluding carboxylic acids is 2. The van der Waals surface area contributed by atoms with E-state index in [4.69, 9.17) is 4.74 Å². The third-order valence-corrected chi connectivity index (χ3v) is 6.67. The van der Waals surface area contributed by atoms with Gasteiger partial charge in [-0.25, -0.2) is 9.36 Å². The summed E-state index contributed by atoms with van der Waals surface area (Å²) in [5, 5.41) is 1.75. The molecule has 1 fully saturated rings. The van der Waals surface area contributed by atoms with Crippen molar-refractivity contribution in [3.05, 3.63) is 62.1 Å². The van der Waals surface area contributed by atoms with Crippen LogP contribution in [0.1, 0.15) is 25.3 Å². The van der Waals surface area contributed by atoms with Gasteiger partial charge >= 0.3 is 11.7 Å². The number of esters is 1. The summed E-state index contributed by atoms with van der Waals surface area (Å²) < 4.78 is 8.02. The Labute approximate surface area is 188 Å². The molecule has 1 aromatic carbocycles. The third kappa shape index (κ3) is 4.12. The van der Waals surface area contributed by atoms with Crippen LogP contribution in [-0.2, 0) is 20.9 Å². The van der Waals surface area contributed by atoms with Gasteiger partial charge in [-0.2, -0.15) is 0 Å². The Morgan fingerprint density at radius 2 is 1.91 bits per heavy atom. The molecule has 1 aliphatic heterocycles. The van der Waals surface area contributed by atoms with Gasteiger partial charge < -0.3 is 9.64 Å². The number of aryl methyl sites for hydroxylation is 1. The molecule has 32 heavy (non-hydrogen) atoms. The highest BCUT2D eigenvalue weighted by atomic mass is 32.1. The van der Waals surface area contributed by atoms with Gasteiger partial charge in [0.05, 0.1) is 23.7 Å². The SMILES string of the molecule is CCOC(=O)C1CCN(C(=O)Cn2c(=O)n(-c3cccc(C)c3)c(=O)c3sccc32)CC1. The second kappa shape index (κ2) is 9.12. The van der Waals surface area contributed by atoms with Crippen molar-refractivity contribution in [3.8, 4) is 5.69 Å². The molecule has 3 aromatic rings. The maximum Gasteiger partial charge on any atom is 0.336 e. The van der Waals surface area contributed by atoms with Crippen LogP contribution in [0, 0.1) is 12.8 Å². The number of benzene rings is 1. The van der Waals surface area contributed by atoms with Crippen LogP contribution in [0.25, 0.3) is 15.9 Å². The molecule has 168 valence electrons. The van der Waals surface area contributed by atoms with E-state index in [0.29, 0.717) is 48.4 Å². The van der Waals surface area contributed by atoms with Gasteiger partial charge in [0.1, 0.15) is 11.2 Å². The number of amides is 1. The van der Waals surface area contributed by atoms with Crippen LogP contribution in [-0.4, -0.2) is 45.6 Å². The van der Waals surface area contributed by atoms with E-state index in [9.17, 15) is 19.2 Å². The Kier molecular flexibility index (Phi) is 6.27. The number of likely N-dealkylation sites (tertiary alicyclic amines) is 1. The summed E-state index contributed by atoms with van der Waals surface area (Å²) in [4.78, 5) is 53.0. The molecule has 8 nitrogen and oxygen atoms in total. The number of ether oxygens (including phenoxy) is 1. The number of nitrogens with zero attached hydrogens (tertiary/aromatic N) is 3. The number of rotatable bonds is 5. The van der Waals surface area contributed by atoms with Crippen molar-refractivity contribution in [2.45, 2.75) is 33.2 Å². The zero-order valence-corrected chi connectivity index (χ0v) is 18.9. The summed E-state index contributed by atoms with van der Waals surface area (Å²) >= 11 is 1.25. The van der Waals surface area contributed by atoms with Crippen LogP contribution in [0.15, 0.2) is 45.3 Å². The number of hydrogen-bond acceptors (Lipinski definition) is 6. The predicted molar refractivity (Wildman–Crippen MR) is 122 cm³/mol. The number of fused-ring (bicyclic) bond motifs is 1. The first-order chi connectivity index (χ1) is 15.4. The summed E-state index contributed by atoms with van der Waals surface area (Å²) in [7, 11) is 0. The fraction of sp³-hybridized carbons (Fsp3) is 0.391. The lowest BCUT2D eigenvalue weighted by molar-refractivity contribution is -0.151. The molecule has 0 spiro atoms. The highest BCUT2D eigenvalue weighted by Gasteiger charge is 2.29. The quantitative estimate of drug-likeness (QED) is 0.551. The Balaban J connectivity index is 1.63. The highest BCUT2D eigenvalue weighted by Crippen LogP contribution is 2.20. The minimum Gasteiger partial charge on any atom is -0.466 e. The molecule has 9 heteroatoms. The van der Waals surface area contributed by atoms with Gasteiger partial charge in [-0.1, -0.05) is 12.1 Å². The van der Waals surface area contributed by atoms with Gasteiger partial charge in [0.25, 0.3) is 5.56 Å². The second-order valence-corrected chi connectivity index (χ2v) is 8.81. The molecule has 0 unspecified atom stereocenters. The Morgan fingerprint density at radius 3 is 2.59 bits per heavy atom. The summed E-state index contributed by atoms with van der Waals surface area (Å²) in [6.07, 6.45) is 1.08. The van der Waals surface area contributed by atoms with Crippen LogP contribution < -0.4 is 11.2 Å². The van der Waals surface area contributed by atoms with E-state index < -0.39 is 5.69 Å². The summed E-state index contributed by atoms with van der Waals surface area (Å²) in [6.45, 7) is 4.70. The van der Waals surface area contributed by atoms with Crippen LogP contribution in [0.3, 0.4) is 0 Å². The number of thiophene rings is 1. The van der Waals surface area contributed by atoms with Crippen molar-refractivity contribution < 1.29 is 14.3 Å². The fourth-order valence-corrected chi connectivity index (χ4v) is 4.92. The van der Waals surface area contributed by atoms with Gasteiger partial charge in [0.2, 0.25) is 5.91 Å². The largest absolute Gasteiger partial charge is 0.466 e. The van der Waals surface area contributed by atoms with Crippen molar-refractivity contribution in [2.75, 3.05) is 19.7 Å². The van der Waals surface area contributed by atoms with Gasteiger partial charge in [0.15, 0.2) is 0 Å². The smallest absolute Gasteiger partial charge is 0.336 e. The van der Waals surface area contributed by atoms with Crippen LogP contribution in [0.5, 0.6) is 0 Å². The zero-order valence-electron chi connectivity index (χ0n) is 18.1. The number of hydrogen-bond donors (Lipinski definition) is 0. The monoisotopic (exact) mass is 455 g/mol. The minimum absolute atomic E-state index is 0.164. The zero-order chi connectivity index (χ0) is 22.8. The molecule has 3 heterocycles. The summed E-state index contributed by atoms with van der Waals surface area (Å²) in [5.41, 5.74) is 0.938. The molecular formula is C23H25N3O5S. The van der Waals surface area contributed by atoms with Gasteiger partial charge in [0, 0.05) is 13.1 Å². The molecule has 0 bridgehead atoms. The van der Waals surface area contributed by atoms with Gasteiger partial charge in [-0.05, 0) is 55.8 Å². The van der Waals surface area contributed by atoms with Gasteiger partial charge in [-0.3, -0.25) is 19.0 Å². The molecule has 0 saturated carbocycles. The molecule has 0 atom stereocenters. The fourth-order valence-electron chi connectivity index (χ4n) is 4.09. The van der Waals surface area contributed by atoms with Crippen molar-refractivity contribution in [1.82, 2.24) is 14.0 Å². The molecule has 1 saturated heterocycles. The van der Waals surface area contributed by atoms with Crippen LogP contribution in [0.4, 0.5) is 0 Å². The van der Waals surface area contributed by atoms with Crippen molar-refractivity contribution >= 4 is 33.4 Å². The highest BCUT2D eigenvalue weighted by molar-refractivity contribution is 7.17. The third-order valence-electron chi connectivity index (χ3n) is 5.78. The first-order valence-corrected chi connectivity index (χ1v) is 11.5. The molecular weight excluding hydrogens is 430 g/mol. The standard InChI is InChI=1S/C23H25N3O5S/c1-3-31-22(29)16-7-10-24(11-8-16)19(27)14-25-18-9-12-32-20(18)21(28)26(23(25)30)17-6-4-5-15(2)13-17/h4-6,9,12-13,16H,3,7-8,10-11,14H2,1-2H3. The average Bonchev–Trinajstić information content (AvgIpc) is 3.27. The maximum absolute atomic E-state index is 13.3. The molecule has 0 radical (unpaired) electrons. The lowest BCUT2D eigenvalue weighted by atomic mass is 9.97. The first-order valence-electron chi connectivity index (χ1n) is 10.6. The lowest BCUT2D eigenvalue weighted by Gasteiger charge is -2.31. The van der Waals surface area contributed by atoms with Crippen molar-refractivity contribution in [2.24, 2.45) is 5.92 Å². The van der Waals surface area contributed by atoms with E-state index in [1.165, 1.54) is 15.9 Å². The molecule has 4 rings (SSSR count). The Hall–Kier alpha value is -3.20. The van der Waals surface area contributed by atoms with E-state index >= 15 is 0 Å². The van der Waals surface area contributed by atoms with Crippen LogP contribution in [0.2, 0.25) is 0 Å². The number of aromatic nitrogens is 2. The molecule has 0 N–H and O–H groups in total. The van der Waals surface area contributed by atoms with Gasteiger partial charge in [-0.15, -0.1) is 11.3 Å². The predicted octanol–water partition coefficient (Wildman–Crippen LogP) is 2.32. The maximum atomic E-state index is 13.3. The Bertz CT molecular complexity index is 1280. The minimum atomic E-state index is -0.541. The summed E-state index contributed by atoms with van der Waals surface area (Å²) in [5.74, 6) is -0.633. The van der Waals surface area contributed by atoms with Crippen LogP contribution >= 0.6 is 11.3 Å². The number of piperidine rings is 1. The van der Waals surface area contributed by atoms with E-state index in [0.717, 1.165) is 10.1 Å². The number of carbonyl (C=O) groups is 2. The van der Waals surface area contributed by atoms with E-state index in [1.807, 2.05) is 13.0 Å². The average molecular weight is 456 g/mol. The van der Waals surface area contributed by atoms with Crippen molar-refractivity contribution in [3.63, 3.8) is 0 Å². The molecule has 1 amide bonds. The molecule has 2 aromatic heterocycles. The van der Waals surface area contributed by atoms with E-state index in [-0.39, 0.29) is 29.9 Å². The first kappa shape index (κ1) is 22.0. The second-order valence-electron chi connectivity index (χ2n) is 7.89. The Morgan fingerprint density at radius 1 is 1.16 bits per heavy atom. The lowest BCUT2D eigenvalue weighted by Crippen LogP contribution is -2.45.